The van der Waals surface area contributed by atoms with Crippen molar-refractivity contribution in [2.75, 3.05) is 23.7 Å². The number of H-pyrrole nitrogens is 1. The number of piperidine rings is 1. The van der Waals surface area contributed by atoms with E-state index in [0.29, 0.717) is 34.2 Å². The molecule has 39 heavy (non-hydrogen) atoms. The average Bonchev–Trinajstić information content (AvgIpc) is 3.43. The summed E-state index contributed by atoms with van der Waals surface area (Å²) in [4.78, 5) is 22.0. The first-order chi connectivity index (χ1) is 19.1. The van der Waals surface area contributed by atoms with E-state index in [2.05, 4.69) is 37.2 Å². The van der Waals surface area contributed by atoms with Crippen molar-refractivity contribution in [3.8, 4) is 11.8 Å². The highest BCUT2D eigenvalue weighted by Crippen LogP contribution is 2.31. The van der Waals surface area contributed by atoms with Gasteiger partial charge in [0, 0.05) is 28.7 Å². The van der Waals surface area contributed by atoms with Crippen molar-refractivity contribution in [1.29, 1.82) is 5.26 Å². The van der Waals surface area contributed by atoms with Crippen LogP contribution in [0.1, 0.15) is 24.0 Å². The zero-order valence-corrected chi connectivity index (χ0v) is 21.1. The fourth-order valence-electron chi connectivity index (χ4n) is 4.75. The molecule has 0 aliphatic carbocycles. The van der Waals surface area contributed by atoms with E-state index in [4.69, 9.17) is 9.72 Å². The third-order valence-electron chi connectivity index (χ3n) is 6.65. The molecule has 1 aliphatic heterocycles. The Morgan fingerprint density at radius 3 is 2.77 bits per heavy atom. The van der Waals surface area contributed by atoms with Crippen molar-refractivity contribution in [3.05, 3.63) is 78.1 Å². The van der Waals surface area contributed by atoms with E-state index in [9.17, 15) is 10.1 Å². The molecular formula is C29H26N8O2. The molecule has 1 saturated heterocycles. The summed E-state index contributed by atoms with van der Waals surface area (Å²) < 4.78 is 6.31. The smallest absolute Gasteiger partial charge is 0.228 e. The Balaban J connectivity index is 1.29. The molecule has 10 nitrogen and oxygen atoms in total. The quantitative estimate of drug-likeness (QED) is 0.248. The van der Waals surface area contributed by atoms with Gasteiger partial charge in [0.2, 0.25) is 11.9 Å². The highest BCUT2D eigenvalue weighted by Gasteiger charge is 2.18. The van der Waals surface area contributed by atoms with Crippen molar-refractivity contribution in [3.63, 3.8) is 0 Å². The number of rotatable bonds is 7. The number of ether oxygens (including phenoxy) is 1. The molecule has 0 atom stereocenters. The van der Waals surface area contributed by atoms with Gasteiger partial charge in [-0.15, -0.1) is 0 Å². The van der Waals surface area contributed by atoms with Gasteiger partial charge in [0.25, 0.3) is 0 Å². The van der Waals surface area contributed by atoms with Crippen LogP contribution in [0.5, 0.6) is 5.75 Å². The van der Waals surface area contributed by atoms with E-state index < -0.39 is 0 Å². The number of carbonyl (C=O) groups is 1. The number of nitrogens with one attached hydrogen (secondary N) is 4. The Morgan fingerprint density at radius 1 is 1.10 bits per heavy atom. The maximum atomic E-state index is 12.8. The molecule has 2 aromatic heterocycles. The minimum absolute atomic E-state index is 0.0552. The Labute approximate surface area is 224 Å². The van der Waals surface area contributed by atoms with Crippen LogP contribution in [-0.2, 0) is 11.2 Å². The van der Waals surface area contributed by atoms with Crippen molar-refractivity contribution < 1.29 is 9.53 Å². The summed E-state index contributed by atoms with van der Waals surface area (Å²) in [6.45, 7) is 1.78. The van der Waals surface area contributed by atoms with Crippen LogP contribution < -0.4 is 20.7 Å². The number of aromatic nitrogens is 4. The van der Waals surface area contributed by atoms with Gasteiger partial charge < -0.3 is 20.7 Å². The van der Waals surface area contributed by atoms with E-state index in [1.807, 2.05) is 42.5 Å². The largest absolute Gasteiger partial charge is 0.488 e. The number of hydrogen-bond acceptors (Lipinski definition) is 8. The molecule has 1 aliphatic rings. The second kappa shape index (κ2) is 10.8. The standard InChI is InChI=1S/C29H26N8O2/c30-15-19-10-20-16-32-29(36-28(20)26(11-19)39-22-6-8-31-9-7-22)34-21-13-24(23-17-33-37-25(23)14-21)35-27(38)12-18-4-2-1-3-5-18/h1-5,10-11,13-14,16-17,22,31H,6-9,12H2,(H,33,37)(H,35,38)(H,32,34,36). The second-order valence-electron chi connectivity index (χ2n) is 9.48. The van der Waals surface area contributed by atoms with E-state index in [-0.39, 0.29) is 18.4 Å². The second-order valence-corrected chi connectivity index (χ2v) is 9.48. The Kier molecular flexibility index (Phi) is 6.72. The molecule has 10 heteroatoms. The topological polar surface area (TPSA) is 141 Å². The van der Waals surface area contributed by atoms with Gasteiger partial charge in [-0.2, -0.15) is 10.4 Å². The lowest BCUT2D eigenvalue weighted by atomic mass is 10.1. The van der Waals surface area contributed by atoms with Gasteiger partial charge in [0.15, 0.2) is 0 Å². The Bertz CT molecular complexity index is 1690. The highest BCUT2D eigenvalue weighted by atomic mass is 16.5. The number of fused-ring (bicyclic) bond motifs is 2. The molecule has 6 rings (SSSR count). The van der Waals surface area contributed by atoms with Gasteiger partial charge in [0.1, 0.15) is 17.4 Å². The van der Waals surface area contributed by atoms with Crippen molar-refractivity contribution in [1.82, 2.24) is 25.5 Å². The molecule has 4 N–H and O–H groups in total. The van der Waals surface area contributed by atoms with Gasteiger partial charge in [-0.25, -0.2) is 9.97 Å². The molecule has 3 aromatic carbocycles. The predicted molar refractivity (Wildman–Crippen MR) is 149 cm³/mol. The van der Waals surface area contributed by atoms with E-state index >= 15 is 0 Å². The minimum atomic E-state index is -0.129. The lowest BCUT2D eigenvalue weighted by molar-refractivity contribution is -0.115. The van der Waals surface area contributed by atoms with Crippen molar-refractivity contribution >= 4 is 45.0 Å². The molecule has 194 valence electrons. The molecule has 1 amide bonds. The van der Waals surface area contributed by atoms with Gasteiger partial charge in [-0.3, -0.25) is 9.89 Å². The summed E-state index contributed by atoms with van der Waals surface area (Å²) in [6, 6.07) is 19.0. The lowest BCUT2D eigenvalue weighted by Crippen LogP contribution is -2.34. The summed E-state index contributed by atoms with van der Waals surface area (Å²) in [5.41, 5.74) is 4.11. The van der Waals surface area contributed by atoms with Crippen molar-refractivity contribution in [2.45, 2.75) is 25.4 Å². The van der Waals surface area contributed by atoms with Crippen LogP contribution in [0.15, 0.2) is 67.0 Å². The Hall–Kier alpha value is -5.01. The maximum absolute atomic E-state index is 12.8. The number of benzene rings is 3. The molecule has 0 spiro atoms. The molecule has 0 bridgehead atoms. The number of nitriles is 1. The minimum Gasteiger partial charge on any atom is -0.488 e. The van der Waals surface area contributed by atoms with Gasteiger partial charge >= 0.3 is 0 Å². The number of aromatic amines is 1. The third kappa shape index (κ3) is 5.49. The zero-order valence-electron chi connectivity index (χ0n) is 21.1. The zero-order chi connectivity index (χ0) is 26.6. The van der Waals surface area contributed by atoms with Crippen LogP contribution in [0.25, 0.3) is 21.8 Å². The van der Waals surface area contributed by atoms with E-state index in [1.54, 1.807) is 24.5 Å². The monoisotopic (exact) mass is 518 g/mol. The number of amides is 1. The summed E-state index contributed by atoms with van der Waals surface area (Å²) in [6.07, 6.45) is 5.45. The third-order valence-corrected chi connectivity index (χ3v) is 6.65. The fraction of sp³-hybridized carbons (Fsp3) is 0.207. The van der Waals surface area contributed by atoms with Crippen LogP contribution in [0.4, 0.5) is 17.3 Å². The Morgan fingerprint density at radius 2 is 1.95 bits per heavy atom. The van der Waals surface area contributed by atoms with Gasteiger partial charge in [-0.05, 0) is 49.7 Å². The average molecular weight is 519 g/mol. The van der Waals surface area contributed by atoms with Crippen LogP contribution in [0.3, 0.4) is 0 Å². The molecular weight excluding hydrogens is 492 g/mol. The first-order valence-electron chi connectivity index (χ1n) is 12.8. The number of anilines is 3. The lowest BCUT2D eigenvalue weighted by Gasteiger charge is -2.24. The normalized spacial score (nSPS) is 13.7. The summed E-state index contributed by atoms with van der Waals surface area (Å²) in [5, 5.41) is 27.7. The van der Waals surface area contributed by atoms with Crippen LogP contribution in [-0.4, -0.2) is 45.3 Å². The van der Waals surface area contributed by atoms with Gasteiger partial charge in [0.05, 0.1) is 35.5 Å². The molecule has 0 radical (unpaired) electrons. The number of carbonyl (C=O) groups excluding carboxylic acids is 1. The van der Waals surface area contributed by atoms with Crippen LogP contribution in [0, 0.1) is 11.3 Å². The summed E-state index contributed by atoms with van der Waals surface area (Å²) >= 11 is 0. The first-order valence-corrected chi connectivity index (χ1v) is 12.8. The molecule has 1 fully saturated rings. The summed E-state index contributed by atoms with van der Waals surface area (Å²) in [5.74, 6) is 0.804. The SMILES string of the molecule is N#Cc1cc(OC2CCNCC2)c2nc(Nc3cc(NC(=O)Cc4ccccc4)c4cn[nH]c4c3)ncc2c1. The molecule has 0 unspecified atom stereocenters. The highest BCUT2D eigenvalue weighted by molar-refractivity contribution is 6.03. The summed E-state index contributed by atoms with van der Waals surface area (Å²) in [7, 11) is 0. The first kappa shape index (κ1) is 24.3. The number of nitrogens with zero attached hydrogens (tertiary/aromatic N) is 4. The van der Waals surface area contributed by atoms with E-state index in [0.717, 1.165) is 47.8 Å². The number of hydrogen-bond donors (Lipinski definition) is 4. The molecule has 0 saturated carbocycles. The molecule has 3 heterocycles. The van der Waals surface area contributed by atoms with Crippen molar-refractivity contribution in [2.24, 2.45) is 0 Å². The van der Waals surface area contributed by atoms with Gasteiger partial charge in [-0.1, -0.05) is 30.3 Å². The maximum Gasteiger partial charge on any atom is 0.228 e. The van der Waals surface area contributed by atoms with Crippen LogP contribution in [0.2, 0.25) is 0 Å². The predicted octanol–water partition coefficient (Wildman–Crippen LogP) is 4.43. The molecule has 5 aromatic rings. The van der Waals surface area contributed by atoms with E-state index in [1.165, 1.54) is 0 Å². The fourth-order valence-corrected chi connectivity index (χ4v) is 4.75. The van der Waals surface area contributed by atoms with Crippen LogP contribution >= 0.6 is 0 Å².